The molecule has 12 nitrogen and oxygen atoms in total. The molecular weight excluding hydrogens is 459 g/mol. The normalized spacial score (nSPS) is 34.3. The Labute approximate surface area is 180 Å². The SMILES string of the molecule is CC(C)OC(=O)OCOP1(=O)OC[C@@]2(C3CC3)O[C@@H](n3cc(F)c(N)nc3=O)[C@@H](F)[C@@H]2O1. The molecule has 1 aromatic heterocycles. The van der Waals surface area contributed by atoms with Crippen LogP contribution in [0.3, 0.4) is 0 Å². The highest BCUT2D eigenvalue weighted by Gasteiger charge is 2.68. The molecule has 1 aromatic rings. The summed E-state index contributed by atoms with van der Waals surface area (Å²) in [4.78, 5) is 26.9. The van der Waals surface area contributed by atoms with Gasteiger partial charge in [-0.3, -0.25) is 13.6 Å². The number of halogens is 2. The molecule has 2 aliphatic heterocycles. The minimum atomic E-state index is -4.36. The Kier molecular flexibility index (Phi) is 6.01. The summed E-state index contributed by atoms with van der Waals surface area (Å²) in [5, 5.41) is 0. The number of hydrogen-bond donors (Lipinski definition) is 1. The van der Waals surface area contributed by atoms with Crippen molar-refractivity contribution in [1.29, 1.82) is 0 Å². The first kappa shape index (κ1) is 23.1. The molecule has 3 heterocycles. The monoisotopic (exact) mass is 481 g/mol. The predicted octanol–water partition coefficient (Wildman–Crippen LogP) is 2.04. The van der Waals surface area contributed by atoms with Crippen molar-refractivity contribution in [2.45, 2.75) is 56.9 Å². The molecule has 4 rings (SSSR count). The van der Waals surface area contributed by atoms with Gasteiger partial charge in [0.15, 0.2) is 24.0 Å². The maximum absolute atomic E-state index is 15.5. The fourth-order valence-electron chi connectivity index (χ4n) is 3.69. The molecule has 1 unspecified atom stereocenters. The minimum Gasteiger partial charge on any atom is -0.432 e. The van der Waals surface area contributed by atoms with Crippen molar-refractivity contribution >= 4 is 19.8 Å². The van der Waals surface area contributed by atoms with Crippen LogP contribution in [0, 0.1) is 11.7 Å². The van der Waals surface area contributed by atoms with Gasteiger partial charge < -0.3 is 19.9 Å². The first-order valence-corrected chi connectivity index (χ1v) is 11.3. The van der Waals surface area contributed by atoms with Gasteiger partial charge in [-0.05, 0) is 32.6 Å². The Bertz CT molecular complexity index is 1000. The summed E-state index contributed by atoms with van der Waals surface area (Å²) < 4.78 is 73.5. The maximum Gasteiger partial charge on any atom is 0.510 e. The lowest BCUT2D eigenvalue weighted by Crippen LogP contribution is -2.52. The fourth-order valence-corrected chi connectivity index (χ4v) is 5.00. The second-order valence-electron chi connectivity index (χ2n) is 7.90. The van der Waals surface area contributed by atoms with Crippen LogP contribution in [-0.4, -0.2) is 53.1 Å². The zero-order valence-corrected chi connectivity index (χ0v) is 18.0. The molecule has 3 fully saturated rings. The lowest BCUT2D eigenvalue weighted by molar-refractivity contribution is -0.162. The quantitative estimate of drug-likeness (QED) is 0.361. The Morgan fingerprint density at radius 3 is 2.84 bits per heavy atom. The molecule has 0 bridgehead atoms. The number of ether oxygens (including phenoxy) is 3. The number of alkyl halides is 1. The van der Waals surface area contributed by atoms with Gasteiger partial charge in [-0.2, -0.15) is 4.98 Å². The number of fused-ring (bicyclic) bond motifs is 1. The van der Waals surface area contributed by atoms with Crippen molar-refractivity contribution in [1.82, 2.24) is 9.55 Å². The van der Waals surface area contributed by atoms with Gasteiger partial charge in [-0.15, -0.1) is 0 Å². The van der Waals surface area contributed by atoms with E-state index in [9.17, 15) is 18.5 Å². The van der Waals surface area contributed by atoms with E-state index in [0.29, 0.717) is 23.6 Å². The molecule has 2 N–H and O–H groups in total. The topological polar surface area (TPSA) is 150 Å². The number of nitrogens with zero attached hydrogens (tertiary/aromatic N) is 2. The molecular formula is C17H22F2N3O9P. The molecule has 3 aliphatic rings. The van der Waals surface area contributed by atoms with Gasteiger partial charge in [0.05, 0.1) is 18.9 Å². The summed E-state index contributed by atoms with van der Waals surface area (Å²) in [5.74, 6) is -1.88. The van der Waals surface area contributed by atoms with Crippen molar-refractivity contribution in [3.05, 3.63) is 22.5 Å². The van der Waals surface area contributed by atoms with Gasteiger partial charge >= 0.3 is 19.7 Å². The van der Waals surface area contributed by atoms with Gasteiger partial charge in [-0.25, -0.2) is 27.5 Å². The molecule has 0 aromatic carbocycles. The van der Waals surface area contributed by atoms with E-state index in [-0.39, 0.29) is 12.5 Å². The maximum atomic E-state index is 15.5. The summed E-state index contributed by atoms with van der Waals surface area (Å²) in [5.41, 5.74) is 2.87. The van der Waals surface area contributed by atoms with Crippen molar-refractivity contribution < 1.29 is 45.9 Å². The standard InChI is InChI=1S/C17H22F2N3O9P/c1-8(2)29-16(24)26-7-28-32(25)27-6-17(9-3-4-9)12(31-32)11(19)14(30-17)22-5-10(18)13(20)21-15(22)23/h5,8-9,11-12,14H,3-4,6-7H2,1-2H3,(H2,20,21,23)/t11-,12-,14+,17-,32?/m0/s1. The van der Waals surface area contributed by atoms with Gasteiger partial charge in [0.2, 0.25) is 6.79 Å². The molecule has 1 saturated carbocycles. The number of hydrogen-bond acceptors (Lipinski definition) is 11. The van der Waals surface area contributed by atoms with Crippen LogP contribution in [0.15, 0.2) is 11.0 Å². The van der Waals surface area contributed by atoms with Crippen molar-refractivity contribution in [2.75, 3.05) is 19.1 Å². The summed E-state index contributed by atoms with van der Waals surface area (Å²) in [6.45, 7) is 1.98. The average molecular weight is 481 g/mol. The molecule has 1 aliphatic carbocycles. The van der Waals surface area contributed by atoms with Crippen LogP contribution >= 0.6 is 7.82 Å². The fraction of sp³-hybridized carbons (Fsp3) is 0.706. The van der Waals surface area contributed by atoms with E-state index < -0.39 is 68.3 Å². The minimum absolute atomic E-state index is 0.205. The Morgan fingerprint density at radius 1 is 1.47 bits per heavy atom. The zero-order chi connectivity index (χ0) is 23.3. The summed E-state index contributed by atoms with van der Waals surface area (Å²) in [6.07, 6.45) is -4.66. The van der Waals surface area contributed by atoms with Gasteiger partial charge in [0.1, 0.15) is 11.7 Å². The summed E-state index contributed by atoms with van der Waals surface area (Å²) >= 11 is 0. The first-order valence-electron chi connectivity index (χ1n) is 9.81. The number of phosphoric acid groups is 1. The van der Waals surface area contributed by atoms with Gasteiger partial charge in [-0.1, -0.05) is 0 Å². The van der Waals surface area contributed by atoms with Crippen molar-refractivity contribution in [2.24, 2.45) is 5.92 Å². The number of rotatable bonds is 6. The molecule has 178 valence electrons. The number of anilines is 1. The van der Waals surface area contributed by atoms with Crippen LogP contribution in [-0.2, 0) is 32.3 Å². The highest BCUT2D eigenvalue weighted by molar-refractivity contribution is 7.48. The third-order valence-corrected chi connectivity index (χ3v) is 6.62. The molecule has 32 heavy (non-hydrogen) atoms. The number of carbonyl (C=O) groups is 1. The molecule has 15 heteroatoms. The third kappa shape index (κ3) is 4.25. The smallest absolute Gasteiger partial charge is 0.432 e. The molecule has 5 atom stereocenters. The number of aromatic nitrogens is 2. The van der Waals surface area contributed by atoms with Gasteiger partial charge in [0, 0.05) is 0 Å². The zero-order valence-electron chi connectivity index (χ0n) is 17.1. The Hall–Kier alpha value is -2.12. The van der Waals surface area contributed by atoms with Crippen LogP contribution in [0.2, 0.25) is 0 Å². The van der Waals surface area contributed by atoms with Crippen LogP contribution in [0.4, 0.5) is 19.4 Å². The van der Waals surface area contributed by atoms with Crippen molar-refractivity contribution in [3.63, 3.8) is 0 Å². The highest BCUT2D eigenvalue weighted by Crippen LogP contribution is 2.64. The summed E-state index contributed by atoms with van der Waals surface area (Å²) in [7, 11) is -4.36. The number of carbonyl (C=O) groups excluding carboxylic acids is 1. The van der Waals surface area contributed by atoms with Crippen molar-refractivity contribution in [3.8, 4) is 0 Å². The van der Waals surface area contributed by atoms with E-state index in [1.54, 1.807) is 13.8 Å². The first-order chi connectivity index (χ1) is 15.0. The summed E-state index contributed by atoms with van der Waals surface area (Å²) in [6, 6.07) is 0. The van der Waals surface area contributed by atoms with Crippen LogP contribution < -0.4 is 11.4 Å². The molecule has 0 amide bonds. The lowest BCUT2D eigenvalue weighted by atomic mass is 9.91. The number of phosphoric ester groups is 1. The predicted molar refractivity (Wildman–Crippen MR) is 100 cm³/mol. The van der Waals surface area contributed by atoms with Gasteiger partial charge in [0.25, 0.3) is 0 Å². The molecule has 2 saturated heterocycles. The van der Waals surface area contributed by atoms with E-state index >= 15 is 4.39 Å². The third-order valence-electron chi connectivity index (χ3n) is 5.27. The van der Waals surface area contributed by atoms with Crippen LogP contribution in [0.1, 0.15) is 32.9 Å². The Morgan fingerprint density at radius 2 is 2.19 bits per heavy atom. The van der Waals surface area contributed by atoms with Crippen LogP contribution in [0.5, 0.6) is 0 Å². The van der Waals surface area contributed by atoms with E-state index in [1.807, 2.05) is 0 Å². The lowest BCUT2D eigenvalue weighted by Gasteiger charge is -2.40. The van der Waals surface area contributed by atoms with E-state index in [1.165, 1.54) is 0 Å². The van der Waals surface area contributed by atoms with E-state index in [2.05, 4.69) is 9.72 Å². The number of nitrogen functional groups attached to an aromatic ring is 1. The Balaban J connectivity index is 1.52. The van der Waals surface area contributed by atoms with Crippen LogP contribution in [0.25, 0.3) is 0 Å². The highest BCUT2D eigenvalue weighted by atomic mass is 31.2. The second kappa shape index (κ2) is 8.34. The van der Waals surface area contributed by atoms with E-state index in [0.717, 1.165) is 0 Å². The molecule has 0 radical (unpaired) electrons. The average Bonchev–Trinajstić information content (AvgIpc) is 3.51. The second-order valence-corrected chi connectivity index (χ2v) is 9.52. The largest absolute Gasteiger partial charge is 0.510 e. The number of nitrogens with two attached hydrogens (primary N) is 1. The molecule has 0 spiro atoms. The van der Waals surface area contributed by atoms with E-state index in [4.69, 9.17) is 28.8 Å².